The molecule has 1 atom stereocenters. The van der Waals surface area contributed by atoms with E-state index in [2.05, 4.69) is 26.0 Å². The Labute approximate surface area is 138 Å². The average Bonchev–Trinajstić information content (AvgIpc) is 2.59. The van der Waals surface area contributed by atoms with Gasteiger partial charge in [0.05, 0.1) is 0 Å². The van der Waals surface area contributed by atoms with Crippen LogP contribution in [0.1, 0.15) is 47.7 Å². The molecule has 1 amide bonds. The van der Waals surface area contributed by atoms with Crippen LogP contribution < -0.4 is 4.74 Å². The van der Waals surface area contributed by atoms with Crippen molar-refractivity contribution in [2.24, 2.45) is 0 Å². The topological polar surface area (TPSA) is 29.5 Å². The minimum absolute atomic E-state index is 0.0121. The summed E-state index contributed by atoms with van der Waals surface area (Å²) in [6, 6.07) is 15.8. The Bertz CT molecular complexity index is 630. The van der Waals surface area contributed by atoms with Gasteiger partial charge in [-0.15, -0.1) is 0 Å². The number of carbonyl (C=O) groups is 1. The van der Waals surface area contributed by atoms with Gasteiger partial charge in [-0.1, -0.05) is 38.1 Å². The second-order valence-corrected chi connectivity index (χ2v) is 6.06. The third-order valence-electron chi connectivity index (χ3n) is 4.07. The highest BCUT2D eigenvalue weighted by molar-refractivity contribution is 5.93. The first kappa shape index (κ1) is 17.1. The molecule has 3 heteroatoms. The molecule has 2 aromatic carbocycles. The van der Waals surface area contributed by atoms with Crippen molar-refractivity contribution < 1.29 is 9.53 Å². The maximum atomic E-state index is 11.8. The van der Waals surface area contributed by atoms with E-state index in [1.54, 1.807) is 19.0 Å². The summed E-state index contributed by atoms with van der Waals surface area (Å²) in [7, 11) is 3.50. The summed E-state index contributed by atoms with van der Waals surface area (Å²) < 4.78 is 5.81. The smallest absolute Gasteiger partial charge is 0.253 e. The third kappa shape index (κ3) is 4.59. The normalized spacial score (nSPS) is 11.8. The van der Waals surface area contributed by atoms with Crippen molar-refractivity contribution in [1.82, 2.24) is 4.90 Å². The van der Waals surface area contributed by atoms with Crippen LogP contribution in [0.5, 0.6) is 5.75 Å². The quantitative estimate of drug-likeness (QED) is 0.787. The highest BCUT2D eigenvalue weighted by atomic mass is 16.5. The second-order valence-electron chi connectivity index (χ2n) is 6.06. The molecule has 0 aliphatic rings. The monoisotopic (exact) mass is 311 g/mol. The van der Waals surface area contributed by atoms with Crippen LogP contribution in [0.4, 0.5) is 0 Å². The van der Waals surface area contributed by atoms with Crippen LogP contribution in [0.15, 0.2) is 48.5 Å². The molecule has 0 heterocycles. The molecule has 3 nitrogen and oxygen atoms in total. The van der Waals surface area contributed by atoms with Crippen LogP contribution in [-0.2, 0) is 6.61 Å². The minimum Gasteiger partial charge on any atom is -0.489 e. The molecule has 0 fully saturated rings. The summed E-state index contributed by atoms with van der Waals surface area (Å²) in [5.41, 5.74) is 3.08. The lowest BCUT2D eigenvalue weighted by Gasteiger charge is -2.12. The summed E-state index contributed by atoms with van der Waals surface area (Å²) >= 11 is 0. The zero-order valence-corrected chi connectivity index (χ0v) is 14.4. The van der Waals surface area contributed by atoms with Gasteiger partial charge in [-0.05, 0) is 47.7 Å². The van der Waals surface area contributed by atoms with Crippen molar-refractivity contribution in [2.45, 2.75) is 32.8 Å². The molecule has 0 saturated carbocycles. The summed E-state index contributed by atoms with van der Waals surface area (Å²) in [5, 5.41) is 0. The maximum absolute atomic E-state index is 11.8. The number of rotatable bonds is 6. The Morgan fingerprint density at radius 2 is 1.65 bits per heavy atom. The zero-order valence-electron chi connectivity index (χ0n) is 14.4. The Balaban J connectivity index is 1.94. The van der Waals surface area contributed by atoms with Gasteiger partial charge in [-0.25, -0.2) is 0 Å². The van der Waals surface area contributed by atoms with E-state index < -0.39 is 0 Å². The largest absolute Gasteiger partial charge is 0.489 e. The Hall–Kier alpha value is -2.29. The van der Waals surface area contributed by atoms with Crippen molar-refractivity contribution >= 4 is 5.91 Å². The van der Waals surface area contributed by atoms with Crippen LogP contribution in [0, 0.1) is 0 Å². The Morgan fingerprint density at radius 1 is 1.04 bits per heavy atom. The van der Waals surface area contributed by atoms with Crippen LogP contribution in [0.3, 0.4) is 0 Å². The molecule has 0 spiro atoms. The highest BCUT2D eigenvalue weighted by Crippen LogP contribution is 2.22. The fraction of sp³-hybridized carbons (Fsp3) is 0.350. The number of nitrogens with zero attached hydrogens (tertiary/aromatic N) is 1. The van der Waals surface area contributed by atoms with E-state index in [9.17, 15) is 4.79 Å². The molecular formula is C20H25NO2. The zero-order chi connectivity index (χ0) is 16.8. The van der Waals surface area contributed by atoms with Crippen LogP contribution >= 0.6 is 0 Å². The fourth-order valence-electron chi connectivity index (χ4n) is 2.30. The molecule has 122 valence electrons. The van der Waals surface area contributed by atoms with Crippen molar-refractivity contribution in [3.8, 4) is 5.75 Å². The first-order chi connectivity index (χ1) is 11.0. The van der Waals surface area contributed by atoms with Crippen molar-refractivity contribution in [3.63, 3.8) is 0 Å². The van der Waals surface area contributed by atoms with Gasteiger partial charge >= 0.3 is 0 Å². The average molecular weight is 311 g/mol. The number of benzene rings is 2. The maximum Gasteiger partial charge on any atom is 0.253 e. The molecule has 0 bridgehead atoms. The van der Waals surface area contributed by atoms with E-state index in [1.165, 1.54) is 5.56 Å². The molecule has 0 radical (unpaired) electrons. The Morgan fingerprint density at radius 3 is 2.17 bits per heavy atom. The SMILES string of the molecule is CCC(C)c1ccc(OCc2ccc(C(=O)N(C)C)cc2)cc1. The lowest BCUT2D eigenvalue weighted by atomic mass is 9.99. The molecular weight excluding hydrogens is 286 g/mol. The van der Waals surface area contributed by atoms with Crippen LogP contribution in [0.2, 0.25) is 0 Å². The standard InChI is InChI=1S/C20H25NO2/c1-5-15(2)17-10-12-19(13-11-17)23-14-16-6-8-18(9-7-16)20(22)21(3)4/h6-13,15H,5,14H2,1-4H3. The number of hydrogen-bond donors (Lipinski definition) is 0. The predicted molar refractivity (Wildman–Crippen MR) is 93.9 cm³/mol. The molecule has 0 N–H and O–H groups in total. The van der Waals surface area contributed by atoms with Gasteiger partial charge in [-0.2, -0.15) is 0 Å². The predicted octanol–water partition coefficient (Wildman–Crippen LogP) is 4.48. The highest BCUT2D eigenvalue weighted by Gasteiger charge is 2.07. The van der Waals surface area contributed by atoms with Crippen molar-refractivity contribution in [2.75, 3.05) is 14.1 Å². The van der Waals surface area contributed by atoms with Gasteiger partial charge in [0.15, 0.2) is 0 Å². The van der Waals surface area contributed by atoms with Gasteiger partial charge in [0.2, 0.25) is 0 Å². The second kappa shape index (κ2) is 7.82. The molecule has 1 unspecified atom stereocenters. The summed E-state index contributed by atoms with van der Waals surface area (Å²) in [5.74, 6) is 1.45. The van der Waals surface area contributed by atoms with Gasteiger partial charge in [0, 0.05) is 19.7 Å². The van der Waals surface area contributed by atoms with Gasteiger partial charge < -0.3 is 9.64 Å². The van der Waals surface area contributed by atoms with Crippen molar-refractivity contribution in [3.05, 3.63) is 65.2 Å². The number of carbonyl (C=O) groups excluding carboxylic acids is 1. The van der Waals surface area contributed by atoms with E-state index in [-0.39, 0.29) is 5.91 Å². The van der Waals surface area contributed by atoms with Crippen LogP contribution in [0.25, 0.3) is 0 Å². The minimum atomic E-state index is 0.0121. The first-order valence-electron chi connectivity index (χ1n) is 8.04. The van der Waals surface area contributed by atoms with Gasteiger partial charge in [0.25, 0.3) is 5.91 Å². The fourth-order valence-corrected chi connectivity index (χ4v) is 2.30. The molecule has 0 aliphatic heterocycles. The van der Waals surface area contributed by atoms with E-state index in [0.717, 1.165) is 17.7 Å². The summed E-state index contributed by atoms with van der Waals surface area (Å²) in [6.45, 7) is 4.92. The van der Waals surface area contributed by atoms with E-state index in [0.29, 0.717) is 18.1 Å². The molecule has 23 heavy (non-hydrogen) atoms. The first-order valence-corrected chi connectivity index (χ1v) is 8.04. The molecule has 2 aromatic rings. The summed E-state index contributed by atoms with van der Waals surface area (Å²) in [4.78, 5) is 13.4. The molecule has 0 aliphatic carbocycles. The van der Waals surface area contributed by atoms with E-state index in [1.807, 2.05) is 36.4 Å². The van der Waals surface area contributed by atoms with Gasteiger partial charge in [-0.3, -0.25) is 4.79 Å². The summed E-state index contributed by atoms with van der Waals surface area (Å²) in [6.07, 6.45) is 1.14. The Kier molecular flexibility index (Phi) is 5.80. The third-order valence-corrected chi connectivity index (χ3v) is 4.07. The molecule has 0 aromatic heterocycles. The van der Waals surface area contributed by atoms with E-state index in [4.69, 9.17) is 4.74 Å². The number of amides is 1. The lowest BCUT2D eigenvalue weighted by Crippen LogP contribution is -2.21. The van der Waals surface area contributed by atoms with Gasteiger partial charge in [0.1, 0.15) is 12.4 Å². The lowest BCUT2D eigenvalue weighted by molar-refractivity contribution is 0.0827. The molecule has 2 rings (SSSR count). The van der Waals surface area contributed by atoms with Crippen molar-refractivity contribution in [1.29, 1.82) is 0 Å². The number of hydrogen-bond acceptors (Lipinski definition) is 2. The van der Waals surface area contributed by atoms with E-state index >= 15 is 0 Å². The molecule has 0 saturated heterocycles. The number of ether oxygens (including phenoxy) is 1. The van der Waals surface area contributed by atoms with Crippen LogP contribution in [-0.4, -0.2) is 24.9 Å².